The molecule has 1 aromatic rings. The number of piperidine rings is 2. The quantitative estimate of drug-likeness (QED) is 0.827. The Morgan fingerprint density at radius 2 is 2.04 bits per heavy atom. The second-order valence-corrected chi connectivity index (χ2v) is 7.95. The number of carbonyl (C=O) groups is 1. The minimum Gasteiger partial charge on any atom is -0.497 e. The van der Waals surface area contributed by atoms with Crippen molar-refractivity contribution in [1.82, 2.24) is 9.80 Å². The van der Waals surface area contributed by atoms with E-state index in [4.69, 9.17) is 4.74 Å². The van der Waals surface area contributed by atoms with Gasteiger partial charge in [0.2, 0.25) is 0 Å². The minimum atomic E-state index is -1.37. The molecule has 6 heteroatoms. The Hall–Kier alpha value is -1.66. The summed E-state index contributed by atoms with van der Waals surface area (Å²) in [5.74, 6) is 0.670. The van der Waals surface area contributed by atoms with E-state index in [1.165, 1.54) is 19.6 Å². The molecule has 2 aliphatic heterocycles. The lowest BCUT2D eigenvalue weighted by molar-refractivity contribution is -0.160. The molecule has 0 radical (unpaired) electrons. The second kappa shape index (κ2) is 8.57. The van der Waals surface area contributed by atoms with Crippen LogP contribution in [-0.2, 0) is 11.3 Å². The van der Waals surface area contributed by atoms with Gasteiger partial charge in [0, 0.05) is 25.2 Å². The van der Waals surface area contributed by atoms with Crippen molar-refractivity contribution in [3.63, 3.8) is 0 Å². The van der Waals surface area contributed by atoms with E-state index in [-0.39, 0.29) is 18.3 Å². The Labute approximate surface area is 161 Å². The van der Waals surface area contributed by atoms with E-state index in [1.807, 2.05) is 0 Å². The van der Waals surface area contributed by atoms with Gasteiger partial charge in [-0.2, -0.15) is 0 Å². The Morgan fingerprint density at radius 1 is 1.30 bits per heavy atom. The van der Waals surface area contributed by atoms with Gasteiger partial charge in [-0.15, -0.1) is 0 Å². The zero-order chi connectivity index (χ0) is 19.4. The molecule has 0 spiro atoms. The highest BCUT2D eigenvalue weighted by Crippen LogP contribution is 2.29. The third-order valence-electron chi connectivity index (χ3n) is 6.09. The first-order valence-electron chi connectivity index (χ1n) is 10.0. The topological polar surface area (TPSA) is 53.0 Å². The van der Waals surface area contributed by atoms with E-state index >= 15 is 0 Å². The molecule has 1 N–H and O–H groups in total. The molecule has 2 heterocycles. The van der Waals surface area contributed by atoms with Gasteiger partial charge >= 0.3 is 0 Å². The molecule has 1 aromatic carbocycles. The number of ether oxygens (including phenoxy) is 1. The third kappa shape index (κ3) is 4.61. The summed E-state index contributed by atoms with van der Waals surface area (Å²) in [6, 6.07) is 4.53. The number of carbonyl (C=O) groups excluding carboxylic acids is 1. The first kappa shape index (κ1) is 20.1. The van der Waals surface area contributed by atoms with Gasteiger partial charge in [-0.25, -0.2) is 4.39 Å². The van der Waals surface area contributed by atoms with E-state index in [0.717, 1.165) is 38.3 Å². The van der Waals surface area contributed by atoms with Crippen molar-refractivity contribution in [2.75, 3.05) is 33.3 Å². The summed E-state index contributed by atoms with van der Waals surface area (Å²) in [6.45, 7) is 5.14. The van der Waals surface area contributed by atoms with Crippen LogP contribution >= 0.6 is 0 Å². The molecular weight excluding hydrogens is 347 g/mol. The lowest BCUT2D eigenvalue weighted by Crippen LogP contribution is -2.59. The maximum Gasteiger partial charge on any atom is 0.256 e. The number of aliphatic hydroxyl groups is 1. The molecule has 27 heavy (non-hydrogen) atoms. The number of likely N-dealkylation sites (tertiary alicyclic amines) is 2. The Bertz CT molecular complexity index is 661. The zero-order valence-corrected chi connectivity index (χ0v) is 16.4. The van der Waals surface area contributed by atoms with Crippen LogP contribution in [0, 0.1) is 11.7 Å². The number of benzene rings is 1. The predicted molar refractivity (Wildman–Crippen MR) is 102 cm³/mol. The largest absolute Gasteiger partial charge is 0.497 e. The SMILES string of the molecule is CCC1CCN(C[C@]2(O)CCCN(Cc3cc(OC)ccc3F)C2=O)CC1. The molecule has 2 saturated heterocycles. The van der Waals surface area contributed by atoms with Crippen LogP contribution in [0.2, 0.25) is 0 Å². The van der Waals surface area contributed by atoms with Gasteiger partial charge in [-0.1, -0.05) is 13.3 Å². The lowest BCUT2D eigenvalue weighted by Gasteiger charge is -2.42. The summed E-state index contributed by atoms with van der Waals surface area (Å²) in [7, 11) is 1.53. The fourth-order valence-corrected chi connectivity index (χ4v) is 4.29. The monoisotopic (exact) mass is 378 g/mol. The third-order valence-corrected chi connectivity index (χ3v) is 6.09. The molecule has 0 unspecified atom stereocenters. The maximum absolute atomic E-state index is 14.2. The van der Waals surface area contributed by atoms with Crippen LogP contribution in [0.3, 0.4) is 0 Å². The van der Waals surface area contributed by atoms with E-state index in [1.54, 1.807) is 17.0 Å². The standard InChI is InChI=1S/C21H31FN2O3/c1-3-16-7-11-23(12-8-16)15-21(26)9-4-10-24(20(21)25)14-17-13-18(27-2)5-6-19(17)22/h5-6,13,16,26H,3-4,7-12,14-15H2,1-2H3/t21-/m1/s1. The van der Waals surface area contributed by atoms with Crippen LogP contribution in [0.15, 0.2) is 18.2 Å². The summed E-state index contributed by atoms with van der Waals surface area (Å²) in [4.78, 5) is 16.8. The normalized spacial score (nSPS) is 25.0. The van der Waals surface area contributed by atoms with Gasteiger partial charge in [0.1, 0.15) is 11.6 Å². The van der Waals surface area contributed by atoms with E-state index in [2.05, 4.69) is 11.8 Å². The molecule has 150 valence electrons. The van der Waals surface area contributed by atoms with Crippen LogP contribution in [-0.4, -0.2) is 59.7 Å². The number of hydrogen-bond donors (Lipinski definition) is 1. The minimum absolute atomic E-state index is 0.155. The van der Waals surface area contributed by atoms with Crippen molar-refractivity contribution in [2.24, 2.45) is 5.92 Å². The average molecular weight is 378 g/mol. The van der Waals surface area contributed by atoms with Crippen molar-refractivity contribution in [3.8, 4) is 5.75 Å². The van der Waals surface area contributed by atoms with Gasteiger partial charge in [-0.05, 0) is 62.9 Å². The molecule has 2 fully saturated rings. The molecule has 0 aliphatic carbocycles. The van der Waals surface area contributed by atoms with Crippen LogP contribution in [0.25, 0.3) is 0 Å². The predicted octanol–water partition coefficient (Wildman–Crippen LogP) is 2.81. The molecule has 1 atom stereocenters. The van der Waals surface area contributed by atoms with Crippen LogP contribution in [0.4, 0.5) is 4.39 Å². The summed E-state index contributed by atoms with van der Waals surface area (Å²) in [5, 5.41) is 11.1. The van der Waals surface area contributed by atoms with Gasteiger partial charge in [-0.3, -0.25) is 9.69 Å². The zero-order valence-electron chi connectivity index (χ0n) is 16.4. The number of nitrogens with zero attached hydrogens (tertiary/aromatic N) is 2. The Kier molecular flexibility index (Phi) is 6.37. The first-order valence-corrected chi connectivity index (χ1v) is 10.0. The molecule has 5 nitrogen and oxygen atoms in total. The molecule has 0 saturated carbocycles. The molecule has 0 aromatic heterocycles. The van der Waals surface area contributed by atoms with Crippen molar-refractivity contribution < 1.29 is 19.0 Å². The van der Waals surface area contributed by atoms with Crippen molar-refractivity contribution in [3.05, 3.63) is 29.6 Å². The fraction of sp³-hybridized carbons (Fsp3) is 0.667. The second-order valence-electron chi connectivity index (χ2n) is 7.95. The number of amides is 1. The highest BCUT2D eigenvalue weighted by atomic mass is 19.1. The average Bonchev–Trinajstić information content (AvgIpc) is 2.68. The number of rotatable bonds is 6. The van der Waals surface area contributed by atoms with Crippen LogP contribution in [0.5, 0.6) is 5.75 Å². The van der Waals surface area contributed by atoms with Crippen LogP contribution < -0.4 is 4.74 Å². The number of hydrogen-bond acceptors (Lipinski definition) is 4. The van der Waals surface area contributed by atoms with Crippen molar-refractivity contribution in [2.45, 2.75) is 51.2 Å². The van der Waals surface area contributed by atoms with Gasteiger partial charge in [0.25, 0.3) is 5.91 Å². The number of methoxy groups -OCH3 is 1. The Morgan fingerprint density at radius 3 is 2.70 bits per heavy atom. The van der Waals surface area contributed by atoms with Gasteiger partial charge < -0.3 is 14.7 Å². The number of halogens is 1. The summed E-state index contributed by atoms with van der Waals surface area (Å²) in [5.41, 5.74) is -0.956. The fourth-order valence-electron chi connectivity index (χ4n) is 4.29. The molecule has 1 amide bonds. The smallest absolute Gasteiger partial charge is 0.256 e. The van der Waals surface area contributed by atoms with Crippen LogP contribution in [0.1, 0.15) is 44.6 Å². The Balaban J connectivity index is 1.66. The van der Waals surface area contributed by atoms with Crippen molar-refractivity contribution in [1.29, 1.82) is 0 Å². The lowest BCUT2D eigenvalue weighted by atomic mass is 9.88. The highest BCUT2D eigenvalue weighted by molar-refractivity contribution is 5.86. The highest BCUT2D eigenvalue weighted by Gasteiger charge is 2.43. The molecule has 3 rings (SSSR count). The van der Waals surface area contributed by atoms with Crippen molar-refractivity contribution >= 4 is 5.91 Å². The molecule has 0 bridgehead atoms. The van der Waals surface area contributed by atoms with E-state index in [9.17, 15) is 14.3 Å². The van der Waals surface area contributed by atoms with E-state index < -0.39 is 5.60 Å². The van der Waals surface area contributed by atoms with E-state index in [0.29, 0.717) is 30.8 Å². The summed E-state index contributed by atoms with van der Waals surface area (Å²) in [6.07, 6.45) is 4.63. The van der Waals surface area contributed by atoms with Gasteiger partial charge in [0.05, 0.1) is 7.11 Å². The number of β-amino-alcohol motifs (C(OH)–C–C–N with tert-alkyl or cyclic N) is 1. The summed E-state index contributed by atoms with van der Waals surface area (Å²) >= 11 is 0. The summed E-state index contributed by atoms with van der Waals surface area (Å²) < 4.78 is 19.3. The molecular formula is C21H31FN2O3. The maximum atomic E-state index is 14.2. The van der Waals surface area contributed by atoms with Gasteiger partial charge in [0.15, 0.2) is 5.60 Å². The first-order chi connectivity index (χ1) is 12.9. The molecule has 2 aliphatic rings.